The molecule has 5 nitrogen and oxygen atoms in total. The highest BCUT2D eigenvalue weighted by molar-refractivity contribution is 6.19. The number of benzene rings is 8. The topological polar surface area (TPSA) is 48.8 Å². The van der Waals surface area contributed by atoms with Crippen LogP contribution in [-0.2, 0) is 0 Å². The van der Waals surface area contributed by atoms with Crippen LogP contribution in [0.15, 0.2) is 186 Å². The molecular formula is C50H30N4O. The van der Waals surface area contributed by atoms with Gasteiger partial charge in [-0.3, -0.25) is 4.57 Å². The molecule has 55 heavy (non-hydrogen) atoms. The number of hydrogen-bond acceptors (Lipinski definition) is 3. The Kier molecular flexibility index (Phi) is 6.27. The third-order valence-electron chi connectivity index (χ3n) is 11.1. The summed E-state index contributed by atoms with van der Waals surface area (Å²) in [6.07, 6.45) is 0. The molecule has 0 radical (unpaired) electrons. The molecule has 8 aromatic carbocycles. The van der Waals surface area contributed by atoms with Crippen molar-refractivity contribution in [1.82, 2.24) is 19.1 Å². The molecule has 12 rings (SSSR count). The zero-order valence-electron chi connectivity index (χ0n) is 29.5. The first-order chi connectivity index (χ1) is 27.3. The maximum absolute atomic E-state index is 6.61. The molecule has 4 heterocycles. The summed E-state index contributed by atoms with van der Waals surface area (Å²) in [5.41, 5.74) is 12.0. The van der Waals surface area contributed by atoms with E-state index in [0.29, 0.717) is 11.5 Å². The van der Waals surface area contributed by atoms with Crippen molar-refractivity contribution in [2.24, 2.45) is 0 Å². The third-order valence-corrected chi connectivity index (χ3v) is 11.1. The third kappa shape index (κ3) is 4.41. The Labute approximate surface area is 315 Å². The lowest BCUT2D eigenvalue weighted by molar-refractivity contribution is 0.667. The van der Waals surface area contributed by atoms with Crippen LogP contribution in [0.1, 0.15) is 0 Å². The Bertz CT molecular complexity index is 3480. The fourth-order valence-corrected chi connectivity index (χ4v) is 8.66. The average Bonchev–Trinajstić information content (AvgIpc) is 3.91. The van der Waals surface area contributed by atoms with E-state index >= 15 is 0 Å². The van der Waals surface area contributed by atoms with E-state index < -0.39 is 0 Å². The summed E-state index contributed by atoms with van der Waals surface area (Å²) in [6.45, 7) is 0. The zero-order chi connectivity index (χ0) is 36.0. The van der Waals surface area contributed by atoms with Crippen LogP contribution in [0, 0.1) is 0 Å². The maximum Gasteiger partial charge on any atom is 0.236 e. The standard InChI is InChI=1S/C50H30N4O/c1-3-14-32(15-4-1)47-49-48(46-36-18-8-7-13-31(36)25-28-45(46)55-49)52-50(51-47)54-42-22-12-10-20-38(42)40-30-34(24-27-44(40)54)33-23-26-43-39(29-33)37-19-9-11-21-41(37)53(43)35-16-5-2-6-17-35/h1-30H. The Morgan fingerprint density at radius 1 is 0.400 bits per heavy atom. The SMILES string of the molecule is c1ccc(-c2nc(-n3c4ccccc4c4cc(-c5ccc6c(c5)c5ccccc5n6-c5ccccc5)ccc43)nc3c2oc2ccc4ccccc4c23)cc1. The van der Waals surface area contributed by atoms with Gasteiger partial charge in [0.15, 0.2) is 5.58 Å². The first-order valence-electron chi connectivity index (χ1n) is 18.6. The second-order valence-electron chi connectivity index (χ2n) is 14.2. The lowest BCUT2D eigenvalue weighted by atomic mass is 10.0. The highest BCUT2D eigenvalue weighted by Gasteiger charge is 2.22. The fourth-order valence-electron chi connectivity index (χ4n) is 8.66. The summed E-state index contributed by atoms with van der Waals surface area (Å²) >= 11 is 0. The van der Waals surface area contributed by atoms with Crippen LogP contribution < -0.4 is 0 Å². The minimum atomic E-state index is 0.607. The number of para-hydroxylation sites is 3. The van der Waals surface area contributed by atoms with E-state index in [2.05, 4.69) is 167 Å². The highest BCUT2D eigenvalue weighted by atomic mass is 16.3. The van der Waals surface area contributed by atoms with Crippen molar-refractivity contribution in [2.75, 3.05) is 0 Å². The molecule has 0 aliphatic heterocycles. The van der Waals surface area contributed by atoms with Gasteiger partial charge in [-0.1, -0.05) is 127 Å². The summed E-state index contributed by atoms with van der Waals surface area (Å²) < 4.78 is 11.2. The molecule has 0 bridgehead atoms. The van der Waals surface area contributed by atoms with Gasteiger partial charge in [-0.15, -0.1) is 0 Å². The van der Waals surface area contributed by atoms with Crippen LogP contribution in [0.2, 0.25) is 0 Å². The lowest BCUT2D eigenvalue weighted by Crippen LogP contribution is -2.02. The van der Waals surface area contributed by atoms with Crippen LogP contribution in [0.3, 0.4) is 0 Å². The van der Waals surface area contributed by atoms with E-state index in [1.165, 1.54) is 27.4 Å². The normalized spacial score (nSPS) is 12.0. The van der Waals surface area contributed by atoms with E-state index in [4.69, 9.17) is 14.4 Å². The number of nitrogens with zero attached hydrogens (tertiary/aromatic N) is 4. The van der Waals surface area contributed by atoms with Gasteiger partial charge in [0.05, 0.1) is 27.5 Å². The van der Waals surface area contributed by atoms with E-state index in [1.54, 1.807) is 0 Å². The molecule has 12 aromatic rings. The van der Waals surface area contributed by atoms with Gasteiger partial charge in [-0.05, 0) is 76.5 Å². The van der Waals surface area contributed by atoms with Crippen molar-refractivity contribution >= 4 is 76.5 Å². The number of rotatable bonds is 4. The lowest BCUT2D eigenvalue weighted by Gasteiger charge is -2.10. The molecule has 0 saturated carbocycles. The van der Waals surface area contributed by atoms with Gasteiger partial charge in [0.25, 0.3) is 0 Å². The van der Waals surface area contributed by atoms with E-state index in [0.717, 1.165) is 71.6 Å². The Balaban J connectivity index is 1.10. The van der Waals surface area contributed by atoms with Crippen molar-refractivity contribution in [1.29, 1.82) is 0 Å². The van der Waals surface area contributed by atoms with Gasteiger partial charge in [0, 0.05) is 32.8 Å². The Hall–Kier alpha value is -7.50. The number of aromatic nitrogens is 4. The van der Waals surface area contributed by atoms with Crippen LogP contribution in [0.4, 0.5) is 0 Å². The molecule has 0 unspecified atom stereocenters. The predicted octanol–water partition coefficient (Wildman–Crippen LogP) is 13.1. The minimum absolute atomic E-state index is 0.607. The van der Waals surface area contributed by atoms with Gasteiger partial charge in [0.1, 0.15) is 16.8 Å². The zero-order valence-corrected chi connectivity index (χ0v) is 29.5. The molecule has 0 aliphatic rings. The predicted molar refractivity (Wildman–Crippen MR) is 226 cm³/mol. The Morgan fingerprint density at radius 3 is 1.67 bits per heavy atom. The van der Waals surface area contributed by atoms with E-state index in [9.17, 15) is 0 Å². The molecule has 0 N–H and O–H groups in total. The van der Waals surface area contributed by atoms with Gasteiger partial charge in [0.2, 0.25) is 5.95 Å². The molecule has 0 atom stereocenters. The quantitative estimate of drug-likeness (QED) is 0.183. The Morgan fingerprint density at radius 2 is 0.964 bits per heavy atom. The summed E-state index contributed by atoms with van der Waals surface area (Å²) in [7, 11) is 0. The molecule has 0 spiro atoms. The summed E-state index contributed by atoms with van der Waals surface area (Å²) in [4.78, 5) is 10.7. The van der Waals surface area contributed by atoms with Crippen molar-refractivity contribution in [3.05, 3.63) is 182 Å². The largest absolute Gasteiger partial charge is 0.452 e. The smallest absolute Gasteiger partial charge is 0.236 e. The van der Waals surface area contributed by atoms with Gasteiger partial charge in [-0.2, -0.15) is 0 Å². The molecular weight excluding hydrogens is 673 g/mol. The first-order valence-corrected chi connectivity index (χ1v) is 18.6. The van der Waals surface area contributed by atoms with Crippen LogP contribution in [0.25, 0.3) is 110 Å². The van der Waals surface area contributed by atoms with Crippen LogP contribution in [0.5, 0.6) is 0 Å². The summed E-state index contributed by atoms with van der Waals surface area (Å²) in [5, 5.41) is 8.02. The second kappa shape index (κ2) is 11.5. The van der Waals surface area contributed by atoms with E-state index in [1.807, 2.05) is 24.3 Å². The van der Waals surface area contributed by atoms with Crippen molar-refractivity contribution in [3.63, 3.8) is 0 Å². The monoisotopic (exact) mass is 702 g/mol. The van der Waals surface area contributed by atoms with Crippen LogP contribution >= 0.6 is 0 Å². The molecule has 0 saturated heterocycles. The first kappa shape index (κ1) is 30.0. The molecule has 256 valence electrons. The van der Waals surface area contributed by atoms with Crippen molar-refractivity contribution in [3.8, 4) is 34.0 Å². The van der Waals surface area contributed by atoms with Gasteiger partial charge < -0.3 is 8.98 Å². The second-order valence-corrected chi connectivity index (χ2v) is 14.2. The number of fused-ring (bicyclic) bond motifs is 11. The molecule has 4 aromatic heterocycles. The number of hydrogen-bond donors (Lipinski definition) is 0. The van der Waals surface area contributed by atoms with Crippen molar-refractivity contribution in [2.45, 2.75) is 0 Å². The summed E-state index contributed by atoms with van der Waals surface area (Å²) in [6, 6.07) is 64.3. The molecule has 0 aliphatic carbocycles. The number of furan rings is 1. The van der Waals surface area contributed by atoms with E-state index in [-0.39, 0.29) is 0 Å². The van der Waals surface area contributed by atoms with Gasteiger partial charge in [-0.25, -0.2) is 9.97 Å². The average molecular weight is 703 g/mol. The summed E-state index contributed by atoms with van der Waals surface area (Å²) in [5.74, 6) is 0.607. The minimum Gasteiger partial charge on any atom is -0.452 e. The van der Waals surface area contributed by atoms with Crippen molar-refractivity contribution < 1.29 is 4.42 Å². The molecule has 0 fully saturated rings. The maximum atomic E-state index is 6.61. The molecule has 0 amide bonds. The van der Waals surface area contributed by atoms with Crippen LogP contribution in [-0.4, -0.2) is 19.1 Å². The highest BCUT2D eigenvalue weighted by Crippen LogP contribution is 2.41. The van der Waals surface area contributed by atoms with Gasteiger partial charge >= 0.3 is 0 Å². The molecule has 5 heteroatoms. The fraction of sp³-hybridized carbons (Fsp3) is 0.